The van der Waals surface area contributed by atoms with Crippen LogP contribution in [-0.4, -0.2) is 55.7 Å². The smallest absolute Gasteiger partial charge is 0.254 e. The van der Waals surface area contributed by atoms with Gasteiger partial charge in [-0.3, -0.25) is 9.69 Å². The summed E-state index contributed by atoms with van der Waals surface area (Å²) in [5, 5.41) is 0. The summed E-state index contributed by atoms with van der Waals surface area (Å²) < 4.78 is 24.7. The van der Waals surface area contributed by atoms with E-state index in [0.717, 1.165) is 48.7 Å². The summed E-state index contributed by atoms with van der Waals surface area (Å²) in [6.07, 6.45) is 2.42. The predicted octanol–water partition coefficient (Wildman–Crippen LogP) is 5.39. The van der Waals surface area contributed by atoms with E-state index in [-0.39, 0.29) is 11.7 Å². The number of benzene rings is 3. The molecule has 0 unspecified atom stereocenters. The van der Waals surface area contributed by atoms with Crippen molar-refractivity contribution in [1.82, 2.24) is 9.80 Å². The lowest BCUT2D eigenvalue weighted by atomic mass is 9.98. The third-order valence-electron chi connectivity index (χ3n) is 7.09. The van der Waals surface area contributed by atoms with Crippen molar-refractivity contribution >= 4 is 5.91 Å². The van der Waals surface area contributed by atoms with E-state index in [9.17, 15) is 9.18 Å². The second-order valence-corrected chi connectivity index (χ2v) is 9.80. The van der Waals surface area contributed by atoms with Gasteiger partial charge in [0.05, 0.1) is 13.2 Å². The standard InChI is InChI=1S/C30H33FN2O3/c1-35-21-23-4-3-13-32(19-23)18-22-7-12-29-27(16-22)20-33(14-15-36-29)30(34)26-6-2-5-25(17-26)24-8-10-28(31)11-9-24/h2,5-12,16-17,23H,3-4,13-15,18-21H2,1H3/t23-/m1/s1. The third-order valence-corrected chi connectivity index (χ3v) is 7.09. The Hall–Kier alpha value is -3.22. The Kier molecular flexibility index (Phi) is 7.63. The monoisotopic (exact) mass is 488 g/mol. The van der Waals surface area contributed by atoms with E-state index in [4.69, 9.17) is 9.47 Å². The van der Waals surface area contributed by atoms with Gasteiger partial charge < -0.3 is 14.4 Å². The largest absolute Gasteiger partial charge is 0.491 e. The van der Waals surface area contributed by atoms with Crippen LogP contribution in [0.3, 0.4) is 0 Å². The SMILES string of the molecule is COC[C@@H]1CCCN(Cc2ccc3c(c2)CN(C(=O)c2cccc(-c4ccc(F)cc4)c2)CCO3)C1. The Morgan fingerprint density at radius 1 is 1.06 bits per heavy atom. The van der Waals surface area contributed by atoms with Crippen molar-refractivity contribution in [3.8, 4) is 16.9 Å². The van der Waals surface area contributed by atoms with Crippen LogP contribution in [-0.2, 0) is 17.8 Å². The predicted molar refractivity (Wildman–Crippen MR) is 138 cm³/mol. The molecule has 3 aromatic rings. The van der Waals surface area contributed by atoms with Gasteiger partial charge in [0.1, 0.15) is 18.2 Å². The quantitative estimate of drug-likeness (QED) is 0.467. The van der Waals surface area contributed by atoms with Crippen molar-refractivity contribution in [2.24, 2.45) is 5.92 Å². The van der Waals surface area contributed by atoms with Crippen molar-refractivity contribution in [2.75, 3.05) is 40.0 Å². The van der Waals surface area contributed by atoms with Crippen molar-refractivity contribution in [2.45, 2.75) is 25.9 Å². The zero-order chi connectivity index (χ0) is 24.9. The van der Waals surface area contributed by atoms with E-state index in [1.807, 2.05) is 35.2 Å². The summed E-state index contributed by atoms with van der Waals surface area (Å²) >= 11 is 0. The molecule has 0 saturated carbocycles. The van der Waals surface area contributed by atoms with E-state index in [0.29, 0.717) is 31.2 Å². The van der Waals surface area contributed by atoms with Gasteiger partial charge in [-0.2, -0.15) is 0 Å². The molecular formula is C30H33FN2O3. The second-order valence-electron chi connectivity index (χ2n) is 9.80. The summed E-state index contributed by atoms with van der Waals surface area (Å²) in [5.41, 5.74) is 4.67. The molecule has 2 heterocycles. The minimum atomic E-state index is -0.274. The molecule has 2 aliphatic heterocycles. The maximum Gasteiger partial charge on any atom is 0.254 e. The van der Waals surface area contributed by atoms with Gasteiger partial charge >= 0.3 is 0 Å². The zero-order valence-electron chi connectivity index (χ0n) is 20.8. The first kappa shape index (κ1) is 24.5. The highest BCUT2D eigenvalue weighted by Gasteiger charge is 2.23. The summed E-state index contributed by atoms with van der Waals surface area (Å²) in [6, 6.07) is 20.3. The number of likely N-dealkylation sites (tertiary alicyclic amines) is 1. The number of fused-ring (bicyclic) bond motifs is 1. The minimum absolute atomic E-state index is 0.0285. The van der Waals surface area contributed by atoms with Crippen LogP contribution in [0, 0.1) is 11.7 Å². The average Bonchev–Trinajstić information content (AvgIpc) is 3.11. The van der Waals surface area contributed by atoms with Gasteiger partial charge in [-0.05, 0) is 78.4 Å². The molecule has 0 radical (unpaired) electrons. The molecule has 5 rings (SSSR count). The number of carbonyl (C=O) groups excluding carboxylic acids is 1. The molecule has 1 atom stereocenters. The zero-order valence-corrected chi connectivity index (χ0v) is 20.8. The van der Waals surface area contributed by atoms with Gasteiger partial charge in [-0.15, -0.1) is 0 Å². The van der Waals surface area contributed by atoms with Gasteiger partial charge in [0.25, 0.3) is 5.91 Å². The van der Waals surface area contributed by atoms with Gasteiger partial charge in [-0.25, -0.2) is 4.39 Å². The highest BCUT2D eigenvalue weighted by atomic mass is 19.1. The Morgan fingerprint density at radius 2 is 1.92 bits per heavy atom. The van der Waals surface area contributed by atoms with Crippen molar-refractivity contribution < 1.29 is 18.7 Å². The topological polar surface area (TPSA) is 42.0 Å². The number of nitrogens with zero attached hydrogens (tertiary/aromatic N) is 2. The summed E-state index contributed by atoms with van der Waals surface area (Å²) in [7, 11) is 1.78. The van der Waals surface area contributed by atoms with Crippen LogP contribution in [0.2, 0.25) is 0 Å². The molecular weight excluding hydrogens is 455 g/mol. The van der Waals surface area contributed by atoms with E-state index in [2.05, 4.69) is 17.0 Å². The first-order valence-electron chi connectivity index (χ1n) is 12.7. The van der Waals surface area contributed by atoms with E-state index < -0.39 is 0 Å². The van der Waals surface area contributed by atoms with Crippen LogP contribution in [0.4, 0.5) is 4.39 Å². The second kappa shape index (κ2) is 11.2. The number of methoxy groups -OCH3 is 1. The Balaban J connectivity index is 1.30. The Bertz CT molecular complexity index is 1200. The fourth-order valence-corrected chi connectivity index (χ4v) is 5.30. The van der Waals surface area contributed by atoms with Gasteiger partial charge in [0, 0.05) is 37.9 Å². The lowest BCUT2D eigenvalue weighted by molar-refractivity contribution is 0.0733. The Labute approximate surface area is 212 Å². The molecule has 36 heavy (non-hydrogen) atoms. The molecule has 0 spiro atoms. The molecule has 1 saturated heterocycles. The number of hydrogen-bond acceptors (Lipinski definition) is 4. The molecule has 2 aliphatic rings. The molecule has 0 aliphatic carbocycles. The number of amides is 1. The van der Waals surface area contributed by atoms with Gasteiger partial charge in [-0.1, -0.05) is 30.3 Å². The maximum absolute atomic E-state index is 13.5. The summed E-state index contributed by atoms with van der Waals surface area (Å²) in [6.45, 7) is 5.35. The highest BCUT2D eigenvalue weighted by molar-refractivity contribution is 5.95. The Morgan fingerprint density at radius 3 is 2.75 bits per heavy atom. The number of hydrogen-bond donors (Lipinski definition) is 0. The van der Waals surface area contributed by atoms with Crippen molar-refractivity contribution in [3.63, 3.8) is 0 Å². The van der Waals surface area contributed by atoms with Crippen LogP contribution in [0.1, 0.15) is 34.3 Å². The number of rotatable bonds is 6. The third kappa shape index (κ3) is 5.77. The van der Waals surface area contributed by atoms with Crippen LogP contribution in [0.25, 0.3) is 11.1 Å². The van der Waals surface area contributed by atoms with Crippen molar-refractivity contribution in [3.05, 3.63) is 89.2 Å². The van der Waals surface area contributed by atoms with Crippen LogP contribution < -0.4 is 4.74 Å². The van der Waals surface area contributed by atoms with E-state index in [1.165, 1.54) is 30.5 Å². The molecule has 188 valence electrons. The fraction of sp³-hybridized carbons (Fsp3) is 0.367. The summed E-state index contributed by atoms with van der Waals surface area (Å²) in [4.78, 5) is 17.8. The molecule has 0 bridgehead atoms. The molecule has 1 fully saturated rings. The van der Waals surface area contributed by atoms with Crippen LogP contribution >= 0.6 is 0 Å². The first-order valence-corrected chi connectivity index (χ1v) is 12.7. The number of halogens is 1. The molecule has 5 nitrogen and oxygen atoms in total. The molecule has 0 aromatic heterocycles. The molecule has 1 amide bonds. The molecule has 0 N–H and O–H groups in total. The summed E-state index contributed by atoms with van der Waals surface area (Å²) in [5.74, 6) is 1.14. The maximum atomic E-state index is 13.5. The minimum Gasteiger partial charge on any atom is -0.491 e. The first-order chi connectivity index (χ1) is 17.6. The number of piperidine rings is 1. The van der Waals surface area contributed by atoms with Gasteiger partial charge in [0.15, 0.2) is 0 Å². The lowest BCUT2D eigenvalue weighted by Gasteiger charge is -2.32. The normalized spacial score (nSPS) is 18.3. The van der Waals surface area contributed by atoms with E-state index in [1.54, 1.807) is 19.2 Å². The molecule has 3 aromatic carbocycles. The number of carbonyl (C=O) groups is 1. The van der Waals surface area contributed by atoms with E-state index >= 15 is 0 Å². The highest BCUT2D eigenvalue weighted by Crippen LogP contribution is 2.28. The fourth-order valence-electron chi connectivity index (χ4n) is 5.30. The van der Waals surface area contributed by atoms with Crippen molar-refractivity contribution in [1.29, 1.82) is 0 Å². The van der Waals surface area contributed by atoms with Crippen LogP contribution in [0.15, 0.2) is 66.7 Å². The average molecular weight is 489 g/mol. The molecule has 6 heteroatoms. The van der Waals surface area contributed by atoms with Gasteiger partial charge in [0.2, 0.25) is 0 Å². The van der Waals surface area contributed by atoms with Crippen LogP contribution in [0.5, 0.6) is 5.75 Å². The number of ether oxygens (including phenoxy) is 2. The lowest BCUT2D eigenvalue weighted by Crippen LogP contribution is -2.36.